The first-order chi connectivity index (χ1) is 8.63. The number of aromatic nitrogens is 1. The van der Waals surface area contributed by atoms with Crippen molar-refractivity contribution < 1.29 is 4.92 Å². The van der Waals surface area contributed by atoms with Gasteiger partial charge in [0.05, 0.1) is 4.92 Å². The maximum absolute atomic E-state index is 11.1. The van der Waals surface area contributed by atoms with Crippen molar-refractivity contribution in [2.24, 2.45) is 5.92 Å². The van der Waals surface area contributed by atoms with Gasteiger partial charge in [-0.1, -0.05) is 6.92 Å². The summed E-state index contributed by atoms with van der Waals surface area (Å²) in [6.45, 7) is 4.72. The van der Waals surface area contributed by atoms with Crippen LogP contribution in [0.25, 0.3) is 0 Å². The summed E-state index contributed by atoms with van der Waals surface area (Å²) in [6.07, 6.45) is 4.75. The summed E-state index contributed by atoms with van der Waals surface area (Å²) in [5, 5.41) is 14.5. The molecule has 5 nitrogen and oxygen atoms in total. The molecule has 0 aromatic carbocycles. The summed E-state index contributed by atoms with van der Waals surface area (Å²) in [5.41, 5.74) is 1.48. The van der Waals surface area contributed by atoms with Gasteiger partial charge in [0, 0.05) is 24.2 Å². The Kier molecular flexibility index (Phi) is 3.91. The molecule has 1 fully saturated rings. The fourth-order valence-corrected chi connectivity index (χ4v) is 2.38. The van der Waals surface area contributed by atoms with Crippen molar-refractivity contribution in [1.82, 2.24) is 10.3 Å². The van der Waals surface area contributed by atoms with Crippen molar-refractivity contribution >= 4 is 5.69 Å². The minimum absolute atomic E-state index is 0.182. The molecular formula is C13H19N3O2. The molecule has 1 saturated carbocycles. The first-order valence-corrected chi connectivity index (χ1v) is 6.45. The SMILES string of the molecule is CCNC(Cc1nccc(C)c1[N+](=O)[O-])C1CC1. The number of aryl methyl sites for hydroxylation is 1. The topological polar surface area (TPSA) is 68.1 Å². The highest BCUT2D eigenvalue weighted by molar-refractivity contribution is 5.43. The van der Waals surface area contributed by atoms with E-state index in [0.29, 0.717) is 29.6 Å². The lowest BCUT2D eigenvalue weighted by Gasteiger charge is -2.16. The summed E-state index contributed by atoms with van der Waals surface area (Å²) in [4.78, 5) is 15.0. The average Bonchev–Trinajstić information content (AvgIpc) is 3.11. The predicted octanol–water partition coefficient (Wildman–Crippen LogP) is 2.23. The summed E-state index contributed by atoms with van der Waals surface area (Å²) in [6, 6.07) is 2.02. The Morgan fingerprint density at radius 3 is 2.89 bits per heavy atom. The molecule has 5 heteroatoms. The smallest absolute Gasteiger partial charge is 0.293 e. The molecule has 1 N–H and O–H groups in total. The minimum atomic E-state index is -0.312. The number of nitro groups is 1. The Morgan fingerprint density at radius 2 is 2.33 bits per heavy atom. The zero-order valence-electron chi connectivity index (χ0n) is 10.8. The Labute approximate surface area is 107 Å². The third-order valence-electron chi connectivity index (χ3n) is 3.45. The van der Waals surface area contributed by atoms with E-state index in [1.54, 1.807) is 19.2 Å². The summed E-state index contributed by atoms with van der Waals surface area (Å²) in [7, 11) is 0. The summed E-state index contributed by atoms with van der Waals surface area (Å²) >= 11 is 0. The van der Waals surface area contributed by atoms with E-state index in [0.717, 1.165) is 6.54 Å². The molecule has 1 aliphatic carbocycles. The molecule has 1 unspecified atom stereocenters. The normalized spacial score (nSPS) is 16.6. The Morgan fingerprint density at radius 1 is 1.61 bits per heavy atom. The van der Waals surface area contributed by atoms with Crippen LogP contribution >= 0.6 is 0 Å². The molecule has 0 aliphatic heterocycles. The zero-order chi connectivity index (χ0) is 13.1. The summed E-state index contributed by atoms with van der Waals surface area (Å²) < 4.78 is 0. The minimum Gasteiger partial charge on any atom is -0.314 e. The molecule has 1 heterocycles. The Bertz CT molecular complexity index is 444. The first-order valence-electron chi connectivity index (χ1n) is 6.45. The number of pyridine rings is 1. The lowest BCUT2D eigenvalue weighted by Crippen LogP contribution is -2.33. The van der Waals surface area contributed by atoms with E-state index >= 15 is 0 Å². The van der Waals surface area contributed by atoms with Gasteiger partial charge in [-0.15, -0.1) is 0 Å². The van der Waals surface area contributed by atoms with E-state index in [2.05, 4.69) is 17.2 Å². The van der Waals surface area contributed by atoms with Crippen LogP contribution < -0.4 is 5.32 Å². The average molecular weight is 249 g/mol. The van der Waals surface area contributed by atoms with Crippen molar-refractivity contribution in [3.63, 3.8) is 0 Å². The molecule has 2 rings (SSSR count). The van der Waals surface area contributed by atoms with Gasteiger partial charge in [-0.2, -0.15) is 0 Å². The van der Waals surface area contributed by atoms with Crippen molar-refractivity contribution in [1.29, 1.82) is 0 Å². The van der Waals surface area contributed by atoms with Crippen LogP contribution in [-0.4, -0.2) is 22.5 Å². The van der Waals surface area contributed by atoms with E-state index < -0.39 is 0 Å². The molecular weight excluding hydrogens is 230 g/mol. The molecule has 1 aliphatic rings. The van der Waals surface area contributed by atoms with Gasteiger partial charge in [0.25, 0.3) is 5.69 Å². The fourth-order valence-electron chi connectivity index (χ4n) is 2.38. The predicted molar refractivity (Wildman–Crippen MR) is 69.5 cm³/mol. The monoisotopic (exact) mass is 249 g/mol. The Hall–Kier alpha value is -1.49. The molecule has 0 bridgehead atoms. The lowest BCUT2D eigenvalue weighted by molar-refractivity contribution is -0.386. The van der Waals surface area contributed by atoms with Crippen molar-refractivity contribution in [3.05, 3.63) is 33.6 Å². The molecule has 1 atom stereocenters. The standard InChI is InChI=1S/C13H19N3O2/c1-3-14-11(10-4-5-10)8-12-13(16(17)18)9(2)6-7-15-12/h6-7,10-11,14H,3-5,8H2,1-2H3. The quantitative estimate of drug-likeness (QED) is 0.620. The summed E-state index contributed by atoms with van der Waals surface area (Å²) in [5.74, 6) is 0.659. The molecule has 18 heavy (non-hydrogen) atoms. The van der Waals surface area contributed by atoms with Gasteiger partial charge in [-0.05, 0) is 38.3 Å². The van der Waals surface area contributed by atoms with Crippen molar-refractivity contribution in [2.45, 2.75) is 39.2 Å². The number of rotatable bonds is 6. The van der Waals surface area contributed by atoms with Crippen LogP contribution in [0.2, 0.25) is 0 Å². The third kappa shape index (κ3) is 2.85. The van der Waals surface area contributed by atoms with Crippen LogP contribution in [0.1, 0.15) is 31.0 Å². The number of hydrogen-bond donors (Lipinski definition) is 1. The van der Waals surface area contributed by atoms with Crippen molar-refractivity contribution in [2.75, 3.05) is 6.54 Å². The van der Waals surface area contributed by atoms with Gasteiger partial charge in [0.2, 0.25) is 0 Å². The van der Waals surface area contributed by atoms with Crippen LogP contribution in [0.4, 0.5) is 5.69 Å². The molecule has 98 valence electrons. The highest BCUT2D eigenvalue weighted by Crippen LogP contribution is 2.35. The second-order valence-corrected chi connectivity index (χ2v) is 4.89. The van der Waals surface area contributed by atoms with E-state index in [4.69, 9.17) is 0 Å². The highest BCUT2D eigenvalue weighted by Gasteiger charge is 2.32. The first kappa shape index (κ1) is 13.0. The van der Waals surface area contributed by atoms with Crippen LogP contribution in [0.15, 0.2) is 12.3 Å². The second kappa shape index (κ2) is 5.44. The van der Waals surface area contributed by atoms with Gasteiger partial charge in [0.1, 0.15) is 5.69 Å². The maximum atomic E-state index is 11.1. The van der Waals surface area contributed by atoms with Gasteiger partial charge < -0.3 is 5.32 Å². The van der Waals surface area contributed by atoms with Gasteiger partial charge in [-0.25, -0.2) is 0 Å². The van der Waals surface area contributed by atoms with Crippen LogP contribution in [0, 0.1) is 23.0 Å². The van der Waals surface area contributed by atoms with Crippen LogP contribution in [0.3, 0.4) is 0 Å². The zero-order valence-corrected chi connectivity index (χ0v) is 10.8. The number of nitrogens with zero attached hydrogens (tertiary/aromatic N) is 2. The third-order valence-corrected chi connectivity index (χ3v) is 3.45. The van der Waals surface area contributed by atoms with Crippen LogP contribution in [0.5, 0.6) is 0 Å². The van der Waals surface area contributed by atoms with Gasteiger partial charge in [0.15, 0.2) is 0 Å². The molecule has 0 radical (unpaired) electrons. The Balaban J connectivity index is 2.21. The second-order valence-electron chi connectivity index (χ2n) is 4.89. The maximum Gasteiger partial charge on any atom is 0.293 e. The molecule has 1 aromatic heterocycles. The largest absolute Gasteiger partial charge is 0.314 e. The van der Waals surface area contributed by atoms with E-state index in [9.17, 15) is 10.1 Å². The fraction of sp³-hybridized carbons (Fsp3) is 0.615. The van der Waals surface area contributed by atoms with E-state index in [1.807, 2.05) is 0 Å². The highest BCUT2D eigenvalue weighted by atomic mass is 16.6. The van der Waals surface area contributed by atoms with Crippen LogP contribution in [-0.2, 0) is 6.42 Å². The molecule has 0 saturated heterocycles. The van der Waals surface area contributed by atoms with Gasteiger partial charge in [-0.3, -0.25) is 15.1 Å². The van der Waals surface area contributed by atoms with Gasteiger partial charge >= 0.3 is 0 Å². The molecule has 1 aromatic rings. The number of hydrogen-bond acceptors (Lipinski definition) is 4. The molecule has 0 amide bonds. The lowest BCUT2D eigenvalue weighted by atomic mass is 10.0. The number of likely N-dealkylation sites (N-methyl/N-ethyl adjacent to an activating group) is 1. The molecule has 0 spiro atoms. The van der Waals surface area contributed by atoms with E-state index in [1.165, 1.54) is 12.8 Å². The van der Waals surface area contributed by atoms with Crippen molar-refractivity contribution in [3.8, 4) is 0 Å². The number of nitrogens with one attached hydrogen (secondary N) is 1. The van der Waals surface area contributed by atoms with E-state index in [-0.39, 0.29) is 10.6 Å².